The number of alkyl halides is 9. The molecule has 2 aromatic rings. The van der Waals surface area contributed by atoms with Crippen molar-refractivity contribution in [1.82, 2.24) is 9.13 Å². The summed E-state index contributed by atoms with van der Waals surface area (Å²) in [6.07, 6.45) is -14.4. The molecule has 1 aromatic carbocycles. The maximum atomic E-state index is 13.4. The molecule has 1 heterocycles. The molecule has 0 saturated heterocycles. The van der Waals surface area contributed by atoms with E-state index in [1.165, 1.54) is 0 Å². The van der Waals surface area contributed by atoms with E-state index >= 15 is 0 Å². The molecule has 0 saturated carbocycles. The summed E-state index contributed by atoms with van der Waals surface area (Å²) in [5.41, 5.74) is -8.78. The first kappa shape index (κ1) is 24.3. The zero-order valence-corrected chi connectivity index (χ0v) is 15.9. The number of hydrogen-bond donors (Lipinski definition) is 0. The van der Waals surface area contributed by atoms with Crippen LogP contribution >= 0.6 is 0 Å². The van der Waals surface area contributed by atoms with Gasteiger partial charge in [0.05, 0.1) is 16.8 Å². The van der Waals surface area contributed by atoms with Crippen molar-refractivity contribution < 1.29 is 39.5 Å². The van der Waals surface area contributed by atoms with Gasteiger partial charge in [-0.15, -0.1) is 6.58 Å². The molecule has 0 fully saturated rings. The fourth-order valence-electron chi connectivity index (χ4n) is 2.90. The van der Waals surface area contributed by atoms with Crippen LogP contribution in [0.5, 0.6) is 0 Å². The van der Waals surface area contributed by atoms with E-state index in [2.05, 4.69) is 11.6 Å². The summed E-state index contributed by atoms with van der Waals surface area (Å²) in [4.78, 5) is 15.9. The van der Waals surface area contributed by atoms with Gasteiger partial charge < -0.3 is 4.57 Å². The Morgan fingerprint density at radius 2 is 1.58 bits per heavy atom. The summed E-state index contributed by atoms with van der Waals surface area (Å²) < 4.78 is 120. The van der Waals surface area contributed by atoms with Gasteiger partial charge in [-0.25, -0.2) is 4.99 Å². The fourth-order valence-corrected chi connectivity index (χ4v) is 2.90. The molecule has 0 amide bonds. The Kier molecular flexibility index (Phi) is 6.21. The van der Waals surface area contributed by atoms with Gasteiger partial charge in [0.25, 0.3) is 5.56 Å². The number of benzene rings is 1. The summed E-state index contributed by atoms with van der Waals surface area (Å²) >= 11 is 0. The number of halogens is 9. The van der Waals surface area contributed by atoms with Gasteiger partial charge in [0, 0.05) is 19.2 Å². The third-order valence-corrected chi connectivity index (χ3v) is 4.23. The van der Waals surface area contributed by atoms with E-state index < -0.39 is 64.3 Å². The zero-order chi connectivity index (χ0) is 23.9. The normalized spacial score (nSPS) is 13.6. The SMILES string of the molecule is C=CCn1c(=O)c(C)c(C(F)(F)F)n(C)c1=Nc1ccc(C(F)(F)F)cc1C(F)(F)F. The zero-order valence-electron chi connectivity index (χ0n) is 15.9. The highest BCUT2D eigenvalue weighted by molar-refractivity contribution is 5.50. The fraction of sp³-hybridized carbons (Fsp3) is 0.333. The highest BCUT2D eigenvalue weighted by atomic mass is 19.4. The molecule has 1 aromatic heterocycles. The van der Waals surface area contributed by atoms with Crippen LogP contribution in [0.4, 0.5) is 45.2 Å². The summed E-state index contributed by atoms with van der Waals surface area (Å²) in [5.74, 6) is 0. The Morgan fingerprint density at radius 3 is 2.03 bits per heavy atom. The lowest BCUT2D eigenvalue weighted by Crippen LogP contribution is -2.44. The first-order chi connectivity index (χ1) is 14.0. The van der Waals surface area contributed by atoms with Crippen molar-refractivity contribution in [1.29, 1.82) is 0 Å². The Balaban J connectivity index is 3.03. The Labute approximate surface area is 168 Å². The lowest BCUT2D eigenvalue weighted by molar-refractivity contribution is -0.145. The molecular formula is C18H14F9N3O. The van der Waals surface area contributed by atoms with Crippen molar-refractivity contribution in [3.05, 3.63) is 69.2 Å². The molecule has 31 heavy (non-hydrogen) atoms. The molecule has 0 aliphatic carbocycles. The summed E-state index contributed by atoms with van der Waals surface area (Å²) in [6.45, 7) is 3.81. The summed E-state index contributed by atoms with van der Waals surface area (Å²) in [6, 6.07) is 0.484. The molecule has 170 valence electrons. The van der Waals surface area contributed by atoms with Crippen molar-refractivity contribution in [3.63, 3.8) is 0 Å². The van der Waals surface area contributed by atoms with Crippen LogP contribution in [0.2, 0.25) is 0 Å². The Bertz CT molecular complexity index is 1130. The van der Waals surface area contributed by atoms with Crippen LogP contribution in [0.3, 0.4) is 0 Å². The van der Waals surface area contributed by atoms with E-state index in [0.29, 0.717) is 21.3 Å². The van der Waals surface area contributed by atoms with Crippen molar-refractivity contribution in [2.24, 2.45) is 12.0 Å². The van der Waals surface area contributed by atoms with Crippen LogP contribution in [-0.2, 0) is 32.1 Å². The second-order valence-corrected chi connectivity index (χ2v) is 6.37. The van der Waals surface area contributed by atoms with Crippen molar-refractivity contribution >= 4 is 5.69 Å². The van der Waals surface area contributed by atoms with Crippen LogP contribution in [0.25, 0.3) is 0 Å². The molecule has 0 unspecified atom stereocenters. The third-order valence-electron chi connectivity index (χ3n) is 4.23. The average Bonchev–Trinajstić information content (AvgIpc) is 2.60. The highest BCUT2D eigenvalue weighted by Gasteiger charge is 2.39. The van der Waals surface area contributed by atoms with Gasteiger partial charge in [0.15, 0.2) is 0 Å². The van der Waals surface area contributed by atoms with E-state index in [-0.39, 0.29) is 6.07 Å². The second kappa shape index (κ2) is 7.93. The second-order valence-electron chi connectivity index (χ2n) is 6.37. The first-order valence-electron chi connectivity index (χ1n) is 8.31. The van der Waals surface area contributed by atoms with Crippen LogP contribution in [0.1, 0.15) is 22.4 Å². The number of rotatable bonds is 3. The van der Waals surface area contributed by atoms with E-state index in [0.717, 1.165) is 20.0 Å². The molecule has 0 aliphatic heterocycles. The number of aromatic nitrogens is 2. The maximum absolute atomic E-state index is 13.4. The molecule has 2 rings (SSSR count). The van der Waals surface area contributed by atoms with E-state index in [1.54, 1.807) is 0 Å². The number of allylic oxidation sites excluding steroid dienone is 1. The van der Waals surface area contributed by atoms with Gasteiger partial charge in [-0.05, 0) is 25.1 Å². The molecular weight excluding hydrogens is 445 g/mol. The standard InChI is InChI=1S/C18H14F9N3O/c1-4-7-30-14(31)9(2)13(18(25,26)27)29(3)15(30)28-12-6-5-10(16(19,20)21)8-11(12)17(22,23)24/h4-6,8H,1,7H2,2-3H3. The lowest BCUT2D eigenvalue weighted by atomic mass is 10.1. The topological polar surface area (TPSA) is 39.3 Å². The van der Waals surface area contributed by atoms with E-state index in [1.807, 2.05) is 0 Å². The first-order valence-corrected chi connectivity index (χ1v) is 8.31. The van der Waals surface area contributed by atoms with Crippen molar-refractivity contribution in [2.45, 2.75) is 32.0 Å². The molecule has 4 nitrogen and oxygen atoms in total. The predicted molar refractivity (Wildman–Crippen MR) is 91.3 cm³/mol. The largest absolute Gasteiger partial charge is 0.431 e. The van der Waals surface area contributed by atoms with Gasteiger partial charge in [-0.1, -0.05) is 6.08 Å². The minimum Gasteiger partial charge on any atom is -0.310 e. The minimum absolute atomic E-state index is 0.201. The molecule has 0 N–H and O–H groups in total. The molecule has 0 radical (unpaired) electrons. The van der Waals surface area contributed by atoms with Crippen molar-refractivity contribution in [2.75, 3.05) is 0 Å². The van der Waals surface area contributed by atoms with Crippen LogP contribution < -0.4 is 11.2 Å². The van der Waals surface area contributed by atoms with Crippen LogP contribution in [0.15, 0.2) is 40.6 Å². The number of nitrogens with zero attached hydrogens (tertiary/aromatic N) is 3. The van der Waals surface area contributed by atoms with Gasteiger partial charge in [-0.2, -0.15) is 39.5 Å². The Morgan fingerprint density at radius 1 is 1.00 bits per heavy atom. The molecule has 13 heteroatoms. The number of hydrogen-bond acceptors (Lipinski definition) is 2. The third kappa shape index (κ3) is 4.85. The smallest absolute Gasteiger partial charge is 0.310 e. The van der Waals surface area contributed by atoms with Crippen LogP contribution in [-0.4, -0.2) is 9.13 Å². The van der Waals surface area contributed by atoms with Crippen LogP contribution in [0, 0.1) is 6.92 Å². The summed E-state index contributed by atoms with van der Waals surface area (Å²) in [5, 5.41) is 0. The molecule has 0 atom stereocenters. The quantitative estimate of drug-likeness (QED) is 0.472. The highest BCUT2D eigenvalue weighted by Crippen LogP contribution is 2.40. The van der Waals surface area contributed by atoms with Gasteiger partial charge in [-0.3, -0.25) is 9.36 Å². The molecule has 0 bridgehead atoms. The van der Waals surface area contributed by atoms with Gasteiger partial charge >= 0.3 is 18.5 Å². The average molecular weight is 459 g/mol. The van der Waals surface area contributed by atoms with Gasteiger partial charge in [0.2, 0.25) is 5.62 Å². The predicted octanol–water partition coefficient (Wildman–Crippen LogP) is 4.97. The van der Waals surface area contributed by atoms with Gasteiger partial charge in [0.1, 0.15) is 5.69 Å². The summed E-state index contributed by atoms with van der Waals surface area (Å²) in [7, 11) is 0.824. The maximum Gasteiger partial charge on any atom is 0.431 e. The van der Waals surface area contributed by atoms with E-state index in [9.17, 15) is 44.3 Å². The van der Waals surface area contributed by atoms with Crippen molar-refractivity contribution in [3.8, 4) is 0 Å². The monoisotopic (exact) mass is 459 g/mol. The molecule has 0 aliphatic rings. The Hall–Kier alpha value is -2.99. The minimum atomic E-state index is -5.31. The lowest BCUT2D eigenvalue weighted by Gasteiger charge is -2.19. The van der Waals surface area contributed by atoms with E-state index in [4.69, 9.17) is 0 Å². The molecule has 0 spiro atoms.